The van der Waals surface area contributed by atoms with Gasteiger partial charge >= 0.3 is 0 Å². The zero-order valence-corrected chi connectivity index (χ0v) is 11.5. The van der Waals surface area contributed by atoms with Gasteiger partial charge in [-0.15, -0.1) is 0 Å². The lowest BCUT2D eigenvalue weighted by atomic mass is 10.1. The molecule has 6 heteroatoms. The third-order valence-electron chi connectivity index (χ3n) is 3.36. The van der Waals surface area contributed by atoms with E-state index in [1.807, 2.05) is 0 Å². The second kappa shape index (κ2) is 7.25. The van der Waals surface area contributed by atoms with Gasteiger partial charge in [-0.1, -0.05) is 13.3 Å². The molecule has 1 aliphatic rings. The third-order valence-corrected chi connectivity index (χ3v) is 3.36. The van der Waals surface area contributed by atoms with Crippen LogP contribution < -0.4 is 16.6 Å². The van der Waals surface area contributed by atoms with E-state index in [1.54, 1.807) is 0 Å². The molecule has 2 heterocycles. The summed E-state index contributed by atoms with van der Waals surface area (Å²) >= 11 is 0. The summed E-state index contributed by atoms with van der Waals surface area (Å²) < 4.78 is 5.61. The maximum absolute atomic E-state index is 5.61. The molecule has 1 unspecified atom stereocenters. The number of nitrogens with zero attached hydrogens (tertiary/aromatic N) is 2. The number of hydrazine groups is 1. The number of ether oxygens (including phenoxy) is 1. The molecule has 1 aromatic rings. The largest absolute Gasteiger partial charge is 0.378 e. The predicted octanol–water partition coefficient (Wildman–Crippen LogP) is 1.70. The molecule has 6 nitrogen and oxygen atoms in total. The van der Waals surface area contributed by atoms with Gasteiger partial charge in [-0.05, 0) is 25.7 Å². The van der Waals surface area contributed by atoms with E-state index in [2.05, 4.69) is 27.6 Å². The molecule has 4 N–H and O–H groups in total. The van der Waals surface area contributed by atoms with Crippen molar-refractivity contribution in [1.82, 2.24) is 9.97 Å². The smallest absolute Gasteiger partial charge is 0.148 e. The van der Waals surface area contributed by atoms with Crippen LogP contribution >= 0.6 is 0 Å². The number of nitrogen functional groups attached to an aromatic ring is 1. The summed E-state index contributed by atoms with van der Waals surface area (Å²) in [4.78, 5) is 8.46. The number of aromatic nitrogens is 2. The Morgan fingerprint density at radius 2 is 2.26 bits per heavy atom. The Balaban J connectivity index is 1.94. The van der Waals surface area contributed by atoms with Crippen molar-refractivity contribution in [3.63, 3.8) is 0 Å². The Hall–Kier alpha value is -1.40. The van der Waals surface area contributed by atoms with Gasteiger partial charge in [-0.25, -0.2) is 15.8 Å². The first-order chi connectivity index (χ1) is 9.35. The number of anilines is 2. The third kappa shape index (κ3) is 3.78. The maximum atomic E-state index is 5.61. The highest BCUT2D eigenvalue weighted by molar-refractivity contribution is 5.56. The summed E-state index contributed by atoms with van der Waals surface area (Å²) in [6.45, 7) is 3.90. The first-order valence-corrected chi connectivity index (χ1v) is 7.01. The van der Waals surface area contributed by atoms with Crippen LogP contribution in [0.5, 0.6) is 0 Å². The van der Waals surface area contributed by atoms with E-state index in [0.29, 0.717) is 11.9 Å². The number of nitrogens with two attached hydrogens (primary N) is 1. The molecular weight excluding hydrogens is 242 g/mol. The van der Waals surface area contributed by atoms with Crippen LogP contribution in [0.3, 0.4) is 0 Å². The van der Waals surface area contributed by atoms with Gasteiger partial charge in [0.05, 0.1) is 6.10 Å². The van der Waals surface area contributed by atoms with Gasteiger partial charge in [0, 0.05) is 18.7 Å². The van der Waals surface area contributed by atoms with Gasteiger partial charge in [-0.2, -0.15) is 0 Å². The highest BCUT2D eigenvalue weighted by atomic mass is 16.5. The predicted molar refractivity (Wildman–Crippen MR) is 75.9 cm³/mol. The molecule has 0 amide bonds. The Bertz CT molecular complexity index is 393. The van der Waals surface area contributed by atoms with Gasteiger partial charge in [0.2, 0.25) is 0 Å². The van der Waals surface area contributed by atoms with Crippen molar-refractivity contribution in [1.29, 1.82) is 0 Å². The summed E-state index contributed by atoms with van der Waals surface area (Å²) in [7, 11) is 0. The van der Waals surface area contributed by atoms with Gasteiger partial charge in [0.25, 0.3) is 0 Å². The summed E-state index contributed by atoms with van der Waals surface area (Å²) in [6.07, 6.45) is 7.23. The van der Waals surface area contributed by atoms with E-state index >= 15 is 0 Å². The fourth-order valence-electron chi connectivity index (χ4n) is 2.40. The van der Waals surface area contributed by atoms with Crippen LogP contribution in [0.15, 0.2) is 6.33 Å². The fourth-order valence-corrected chi connectivity index (χ4v) is 2.40. The molecule has 0 bridgehead atoms. The molecule has 1 aliphatic heterocycles. The summed E-state index contributed by atoms with van der Waals surface area (Å²) in [6, 6.07) is 0. The average molecular weight is 265 g/mol. The van der Waals surface area contributed by atoms with Crippen molar-refractivity contribution in [2.45, 2.75) is 45.1 Å². The molecule has 0 aliphatic carbocycles. The summed E-state index contributed by atoms with van der Waals surface area (Å²) in [5.41, 5.74) is 3.69. The normalized spacial score (nSPS) is 18.5. The second-order valence-corrected chi connectivity index (χ2v) is 4.79. The van der Waals surface area contributed by atoms with E-state index in [-0.39, 0.29) is 0 Å². The average Bonchev–Trinajstić information content (AvgIpc) is 2.94. The van der Waals surface area contributed by atoms with E-state index in [9.17, 15) is 0 Å². The molecule has 1 saturated heterocycles. The first kappa shape index (κ1) is 14.0. The van der Waals surface area contributed by atoms with Gasteiger partial charge < -0.3 is 15.5 Å². The Morgan fingerprint density at radius 1 is 1.42 bits per heavy atom. The topological polar surface area (TPSA) is 85.1 Å². The van der Waals surface area contributed by atoms with Crippen LogP contribution in [-0.4, -0.2) is 29.2 Å². The number of nitrogens with one attached hydrogen (secondary N) is 2. The summed E-state index contributed by atoms with van der Waals surface area (Å²) in [5, 5.41) is 3.37. The van der Waals surface area contributed by atoms with Gasteiger partial charge in [0.15, 0.2) is 0 Å². The maximum Gasteiger partial charge on any atom is 0.148 e. The SMILES string of the molecule is CCCc1c(NN)ncnc1NCCC1CCCO1. The molecule has 2 rings (SSSR count). The van der Waals surface area contributed by atoms with Gasteiger partial charge in [-0.3, -0.25) is 0 Å². The van der Waals surface area contributed by atoms with Crippen molar-refractivity contribution in [3.05, 3.63) is 11.9 Å². The van der Waals surface area contributed by atoms with Crippen molar-refractivity contribution >= 4 is 11.6 Å². The molecule has 19 heavy (non-hydrogen) atoms. The van der Waals surface area contributed by atoms with Crippen LogP contribution in [0.25, 0.3) is 0 Å². The lowest BCUT2D eigenvalue weighted by Crippen LogP contribution is -2.17. The number of rotatable bonds is 7. The highest BCUT2D eigenvalue weighted by Crippen LogP contribution is 2.21. The van der Waals surface area contributed by atoms with Crippen LogP contribution in [-0.2, 0) is 11.2 Å². The van der Waals surface area contributed by atoms with E-state index in [4.69, 9.17) is 10.6 Å². The zero-order valence-electron chi connectivity index (χ0n) is 11.5. The minimum Gasteiger partial charge on any atom is -0.378 e. The van der Waals surface area contributed by atoms with E-state index in [0.717, 1.165) is 43.8 Å². The monoisotopic (exact) mass is 265 g/mol. The minimum absolute atomic E-state index is 0.399. The molecular formula is C13H23N5O. The molecule has 1 aromatic heterocycles. The minimum atomic E-state index is 0.399. The standard InChI is InChI=1S/C13H23N5O/c1-2-4-11-12(16-9-17-13(11)18-14)15-7-6-10-5-3-8-19-10/h9-10H,2-8,14H2,1H3,(H2,15,16,17,18). The first-order valence-electron chi connectivity index (χ1n) is 7.01. The lowest BCUT2D eigenvalue weighted by Gasteiger charge is -2.14. The quantitative estimate of drug-likeness (QED) is 0.514. The second-order valence-electron chi connectivity index (χ2n) is 4.79. The Kier molecular flexibility index (Phi) is 5.35. The van der Waals surface area contributed by atoms with Crippen molar-refractivity contribution < 1.29 is 4.74 Å². The highest BCUT2D eigenvalue weighted by Gasteiger charge is 2.15. The lowest BCUT2D eigenvalue weighted by molar-refractivity contribution is 0.107. The van der Waals surface area contributed by atoms with E-state index in [1.165, 1.54) is 19.2 Å². The van der Waals surface area contributed by atoms with Crippen LogP contribution in [0.4, 0.5) is 11.6 Å². The van der Waals surface area contributed by atoms with Crippen molar-refractivity contribution in [2.75, 3.05) is 23.9 Å². The number of hydrogen-bond donors (Lipinski definition) is 3. The fraction of sp³-hybridized carbons (Fsp3) is 0.692. The molecule has 1 atom stereocenters. The van der Waals surface area contributed by atoms with Crippen LogP contribution in [0.1, 0.15) is 38.2 Å². The van der Waals surface area contributed by atoms with Crippen LogP contribution in [0.2, 0.25) is 0 Å². The molecule has 106 valence electrons. The molecule has 1 fully saturated rings. The Labute approximate surface area is 114 Å². The van der Waals surface area contributed by atoms with Crippen molar-refractivity contribution in [2.24, 2.45) is 5.84 Å². The van der Waals surface area contributed by atoms with Crippen molar-refractivity contribution in [3.8, 4) is 0 Å². The van der Waals surface area contributed by atoms with E-state index < -0.39 is 0 Å². The zero-order chi connectivity index (χ0) is 13.5. The Morgan fingerprint density at radius 3 is 2.95 bits per heavy atom. The number of hydrogen-bond acceptors (Lipinski definition) is 6. The molecule has 0 spiro atoms. The van der Waals surface area contributed by atoms with Crippen LogP contribution in [0, 0.1) is 0 Å². The van der Waals surface area contributed by atoms with Gasteiger partial charge in [0.1, 0.15) is 18.0 Å². The molecule has 0 aromatic carbocycles. The summed E-state index contributed by atoms with van der Waals surface area (Å²) in [5.74, 6) is 7.07. The molecule has 0 saturated carbocycles. The molecule has 0 radical (unpaired) electrons.